The summed E-state index contributed by atoms with van der Waals surface area (Å²) in [5.41, 5.74) is 3.56. The van der Waals surface area contributed by atoms with Gasteiger partial charge in [0.05, 0.1) is 5.92 Å². The zero-order chi connectivity index (χ0) is 18.8. The van der Waals surface area contributed by atoms with Gasteiger partial charge in [0.25, 0.3) is 0 Å². The Morgan fingerprint density at radius 1 is 1.15 bits per heavy atom. The van der Waals surface area contributed by atoms with Gasteiger partial charge in [0.15, 0.2) is 0 Å². The fourth-order valence-corrected chi connectivity index (χ4v) is 4.67. The van der Waals surface area contributed by atoms with E-state index in [0.29, 0.717) is 12.3 Å². The van der Waals surface area contributed by atoms with Gasteiger partial charge in [-0.1, -0.05) is 40.2 Å². The molecule has 1 N–H and O–H groups in total. The molecule has 2 aliphatic heterocycles. The molecular weight excluding hydrogens is 404 g/mol. The first-order valence-corrected chi connectivity index (χ1v) is 10.4. The van der Waals surface area contributed by atoms with Crippen LogP contribution in [0.3, 0.4) is 0 Å². The minimum absolute atomic E-state index is 0.0540. The second kappa shape index (κ2) is 8.03. The molecule has 0 bridgehead atoms. The molecule has 1 saturated heterocycles. The molecule has 27 heavy (non-hydrogen) atoms. The Balaban J connectivity index is 1.41. The van der Waals surface area contributed by atoms with Gasteiger partial charge in [0.1, 0.15) is 5.75 Å². The number of piperidine rings is 1. The van der Waals surface area contributed by atoms with E-state index in [1.165, 1.54) is 11.1 Å². The molecule has 0 radical (unpaired) electrons. The third kappa shape index (κ3) is 4.19. The van der Waals surface area contributed by atoms with Crippen molar-refractivity contribution in [1.29, 1.82) is 0 Å². The van der Waals surface area contributed by atoms with E-state index in [9.17, 15) is 9.90 Å². The van der Waals surface area contributed by atoms with Gasteiger partial charge >= 0.3 is 0 Å². The maximum atomic E-state index is 13.1. The molecule has 2 heterocycles. The van der Waals surface area contributed by atoms with Crippen LogP contribution in [0.15, 0.2) is 46.9 Å². The predicted molar refractivity (Wildman–Crippen MR) is 109 cm³/mol. The highest BCUT2D eigenvalue weighted by Crippen LogP contribution is 2.27. The van der Waals surface area contributed by atoms with Gasteiger partial charge in [0, 0.05) is 36.2 Å². The molecule has 1 amide bonds. The molecule has 142 valence electrons. The van der Waals surface area contributed by atoms with Gasteiger partial charge in [-0.15, -0.1) is 0 Å². The lowest BCUT2D eigenvalue weighted by atomic mass is 9.93. The van der Waals surface area contributed by atoms with Crippen molar-refractivity contribution in [2.45, 2.75) is 32.4 Å². The molecule has 5 heteroatoms. The van der Waals surface area contributed by atoms with Gasteiger partial charge in [0.2, 0.25) is 5.91 Å². The van der Waals surface area contributed by atoms with Crippen molar-refractivity contribution in [3.63, 3.8) is 0 Å². The van der Waals surface area contributed by atoms with Gasteiger partial charge in [-0.05, 0) is 55.1 Å². The van der Waals surface area contributed by atoms with E-state index in [4.69, 9.17) is 0 Å². The smallest absolute Gasteiger partial charge is 0.227 e. The largest absolute Gasteiger partial charge is 0.508 e. The third-order valence-corrected chi connectivity index (χ3v) is 6.23. The molecule has 1 fully saturated rings. The number of phenolic OH excluding ortho intramolecular Hbond substituents is 1. The van der Waals surface area contributed by atoms with E-state index < -0.39 is 0 Å². The van der Waals surface area contributed by atoms with Crippen LogP contribution in [0.25, 0.3) is 0 Å². The fourth-order valence-electron chi connectivity index (χ4n) is 4.26. The van der Waals surface area contributed by atoms with Crippen LogP contribution in [0.1, 0.15) is 29.5 Å². The van der Waals surface area contributed by atoms with Crippen LogP contribution in [0.4, 0.5) is 0 Å². The number of hydrogen-bond acceptors (Lipinski definition) is 3. The van der Waals surface area contributed by atoms with Crippen molar-refractivity contribution in [2.75, 3.05) is 19.6 Å². The number of carbonyl (C=O) groups is 1. The zero-order valence-corrected chi connectivity index (χ0v) is 17.0. The quantitative estimate of drug-likeness (QED) is 0.804. The van der Waals surface area contributed by atoms with Crippen LogP contribution < -0.4 is 0 Å². The Labute approximate surface area is 168 Å². The molecule has 0 saturated carbocycles. The van der Waals surface area contributed by atoms with Gasteiger partial charge in [-0.25, -0.2) is 0 Å². The average molecular weight is 429 g/mol. The number of nitrogens with zero attached hydrogens (tertiary/aromatic N) is 2. The minimum atomic E-state index is 0.0540. The molecular formula is C22H25BrN2O2. The lowest BCUT2D eigenvalue weighted by Gasteiger charge is -2.36. The first kappa shape index (κ1) is 18.5. The van der Waals surface area contributed by atoms with Crippen LogP contribution in [-0.2, 0) is 24.3 Å². The Morgan fingerprint density at radius 3 is 2.81 bits per heavy atom. The average Bonchev–Trinajstić information content (AvgIpc) is 2.70. The maximum Gasteiger partial charge on any atom is 0.227 e. The SMILES string of the molecule is O=C(C1CCCN(Cc2cc(Br)ccc2O)C1)N1CCc2ccccc2C1. The van der Waals surface area contributed by atoms with Crippen molar-refractivity contribution < 1.29 is 9.90 Å². The highest BCUT2D eigenvalue weighted by atomic mass is 79.9. The molecule has 0 spiro atoms. The number of amides is 1. The van der Waals surface area contributed by atoms with Crippen LogP contribution in [0.2, 0.25) is 0 Å². The summed E-state index contributed by atoms with van der Waals surface area (Å²) in [4.78, 5) is 17.5. The number of carbonyl (C=O) groups excluding carboxylic acids is 1. The maximum absolute atomic E-state index is 13.1. The van der Waals surface area contributed by atoms with E-state index in [1.807, 2.05) is 17.0 Å². The predicted octanol–water partition coefficient (Wildman–Crippen LogP) is 3.95. The second-order valence-corrected chi connectivity index (χ2v) is 8.54. The molecule has 2 aliphatic rings. The summed E-state index contributed by atoms with van der Waals surface area (Å²) in [7, 11) is 0. The number of benzene rings is 2. The van der Waals surface area contributed by atoms with Crippen molar-refractivity contribution in [2.24, 2.45) is 5.92 Å². The standard InChI is InChI=1S/C22H25BrN2O2/c23-20-7-8-21(26)19(12-20)14-24-10-3-6-18(13-24)22(27)25-11-9-16-4-1-2-5-17(16)15-25/h1-2,4-5,7-8,12,18,26H,3,6,9-11,13-15H2. The Morgan fingerprint density at radius 2 is 1.96 bits per heavy atom. The van der Waals surface area contributed by atoms with E-state index in [1.54, 1.807) is 6.07 Å². The molecule has 0 aromatic heterocycles. The van der Waals surface area contributed by atoms with E-state index >= 15 is 0 Å². The third-order valence-electron chi connectivity index (χ3n) is 5.73. The summed E-state index contributed by atoms with van der Waals surface area (Å²) in [6, 6.07) is 14.0. The summed E-state index contributed by atoms with van der Waals surface area (Å²) in [6.07, 6.45) is 2.93. The highest BCUT2D eigenvalue weighted by molar-refractivity contribution is 9.10. The zero-order valence-electron chi connectivity index (χ0n) is 15.4. The number of halogens is 1. The number of phenols is 1. The van der Waals surface area contributed by atoms with E-state index in [0.717, 1.165) is 55.5 Å². The number of hydrogen-bond donors (Lipinski definition) is 1. The van der Waals surface area contributed by atoms with Gasteiger partial charge < -0.3 is 10.0 Å². The topological polar surface area (TPSA) is 43.8 Å². The molecule has 0 aliphatic carbocycles. The number of likely N-dealkylation sites (tertiary alicyclic amines) is 1. The van der Waals surface area contributed by atoms with Crippen LogP contribution in [0.5, 0.6) is 5.75 Å². The van der Waals surface area contributed by atoms with Gasteiger partial charge in [-0.3, -0.25) is 9.69 Å². The van der Waals surface area contributed by atoms with Crippen molar-refractivity contribution in [3.05, 3.63) is 63.6 Å². The Bertz CT molecular complexity index is 839. The van der Waals surface area contributed by atoms with Gasteiger partial charge in [-0.2, -0.15) is 0 Å². The van der Waals surface area contributed by atoms with E-state index in [2.05, 4.69) is 45.1 Å². The Kier molecular flexibility index (Phi) is 5.50. The lowest BCUT2D eigenvalue weighted by molar-refractivity contribution is -0.138. The molecule has 4 rings (SSSR count). The number of fused-ring (bicyclic) bond motifs is 1. The molecule has 4 nitrogen and oxygen atoms in total. The number of rotatable bonds is 3. The first-order chi connectivity index (χ1) is 13.1. The van der Waals surface area contributed by atoms with Crippen LogP contribution in [-0.4, -0.2) is 40.4 Å². The highest BCUT2D eigenvalue weighted by Gasteiger charge is 2.31. The molecule has 2 aromatic carbocycles. The summed E-state index contributed by atoms with van der Waals surface area (Å²) < 4.78 is 0.965. The molecule has 2 aromatic rings. The van der Waals surface area contributed by atoms with Crippen LogP contribution in [0, 0.1) is 5.92 Å². The van der Waals surface area contributed by atoms with Crippen molar-refractivity contribution in [3.8, 4) is 5.75 Å². The molecule has 1 unspecified atom stereocenters. The van der Waals surface area contributed by atoms with Crippen LogP contribution >= 0.6 is 15.9 Å². The Hall–Kier alpha value is -1.85. The summed E-state index contributed by atoms with van der Waals surface area (Å²) >= 11 is 3.47. The lowest BCUT2D eigenvalue weighted by Crippen LogP contribution is -2.46. The number of aromatic hydroxyl groups is 1. The summed E-state index contributed by atoms with van der Waals surface area (Å²) in [5, 5.41) is 10.1. The fraction of sp³-hybridized carbons (Fsp3) is 0.409. The summed E-state index contributed by atoms with van der Waals surface area (Å²) in [5.74, 6) is 0.658. The second-order valence-electron chi connectivity index (χ2n) is 7.63. The monoisotopic (exact) mass is 428 g/mol. The molecule has 1 atom stereocenters. The van der Waals surface area contributed by atoms with Crippen molar-refractivity contribution >= 4 is 21.8 Å². The summed E-state index contributed by atoms with van der Waals surface area (Å²) in [6.45, 7) is 3.97. The minimum Gasteiger partial charge on any atom is -0.508 e. The first-order valence-electron chi connectivity index (χ1n) is 9.65. The normalized spacial score (nSPS) is 20.3. The van der Waals surface area contributed by atoms with Crippen molar-refractivity contribution in [1.82, 2.24) is 9.80 Å². The van der Waals surface area contributed by atoms with E-state index in [-0.39, 0.29) is 11.8 Å².